The average molecular weight is 272 g/mol. The molecule has 4 heteroatoms. The molecule has 2 N–H and O–H groups in total. The molecule has 1 atom stereocenters. The van der Waals surface area contributed by atoms with Crippen molar-refractivity contribution >= 4 is 5.91 Å². The number of nitrogens with zero attached hydrogens (tertiary/aromatic N) is 1. The molecule has 0 aliphatic heterocycles. The first kappa shape index (κ1) is 14.3. The first-order chi connectivity index (χ1) is 9.66. The lowest BCUT2D eigenvalue weighted by Gasteiger charge is -2.10. The second-order valence-corrected chi connectivity index (χ2v) is 4.90. The number of carbonyl (C=O) groups is 1. The maximum Gasteiger partial charge on any atom is 0.267 e. The summed E-state index contributed by atoms with van der Waals surface area (Å²) in [5, 5.41) is 12.0. The number of hydrogen-bond donors (Lipinski definition) is 2. The van der Waals surface area contributed by atoms with E-state index >= 15 is 0 Å². The van der Waals surface area contributed by atoms with Crippen LogP contribution in [0.4, 0.5) is 0 Å². The Balaban J connectivity index is 1.99. The molecule has 0 aliphatic carbocycles. The van der Waals surface area contributed by atoms with Crippen molar-refractivity contribution < 1.29 is 9.90 Å². The van der Waals surface area contributed by atoms with E-state index in [1.165, 1.54) is 0 Å². The summed E-state index contributed by atoms with van der Waals surface area (Å²) in [5.41, 5.74) is 1.79. The van der Waals surface area contributed by atoms with Gasteiger partial charge in [0.25, 0.3) is 5.91 Å². The number of hydrogen-bond acceptors (Lipinski definition) is 2. The number of carbonyl (C=O) groups excluding carboxylic acids is 1. The first-order valence-corrected chi connectivity index (χ1v) is 6.82. The molecule has 0 radical (unpaired) electrons. The second-order valence-electron chi connectivity index (χ2n) is 4.90. The van der Waals surface area contributed by atoms with E-state index in [0.717, 1.165) is 5.56 Å². The van der Waals surface area contributed by atoms with Gasteiger partial charge >= 0.3 is 0 Å². The normalized spacial score (nSPS) is 12.1. The molecule has 0 fully saturated rings. The predicted molar refractivity (Wildman–Crippen MR) is 78.6 cm³/mol. The Morgan fingerprint density at radius 3 is 2.70 bits per heavy atom. The molecule has 20 heavy (non-hydrogen) atoms. The molecular formula is C16H20N2O2. The fourth-order valence-corrected chi connectivity index (χ4v) is 2.02. The highest BCUT2D eigenvalue weighted by Crippen LogP contribution is 2.08. The number of aliphatic hydroxyl groups is 1. The van der Waals surface area contributed by atoms with Crippen LogP contribution < -0.4 is 5.32 Å². The van der Waals surface area contributed by atoms with Crippen molar-refractivity contribution in [2.75, 3.05) is 6.54 Å². The topological polar surface area (TPSA) is 54.3 Å². The molecule has 0 spiro atoms. The van der Waals surface area contributed by atoms with Gasteiger partial charge < -0.3 is 15.0 Å². The molecule has 2 rings (SSSR count). The zero-order chi connectivity index (χ0) is 14.4. The van der Waals surface area contributed by atoms with Crippen molar-refractivity contribution in [2.24, 2.45) is 0 Å². The molecular weight excluding hydrogens is 252 g/mol. The Kier molecular flexibility index (Phi) is 4.96. The zero-order valence-electron chi connectivity index (χ0n) is 11.6. The van der Waals surface area contributed by atoms with Crippen LogP contribution in [0.25, 0.3) is 0 Å². The molecule has 0 saturated carbocycles. The number of nitrogens with one attached hydrogen (secondary N) is 1. The average Bonchev–Trinajstić information content (AvgIpc) is 2.87. The summed E-state index contributed by atoms with van der Waals surface area (Å²) in [6.45, 7) is 2.87. The Morgan fingerprint density at radius 1 is 1.25 bits per heavy atom. The molecule has 0 aliphatic rings. The Hall–Kier alpha value is -2.07. The van der Waals surface area contributed by atoms with Crippen LogP contribution in [-0.4, -0.2) is 28.2 Å². The standard InChI is InChI=1S/C16H20N2O2/c1-13(19)9-10-17-16(20)15-8-5-11-18(15)12-14-6-3-2-4-7-14/h2-8,11,13,19H,9-10,12H2,1H3,(H,17,20). The largest absolute Gasteiger partial charge is 0.393 e. The van der Waals surface area contributed by atoms with Crippen LogP contribution in [-0.2, 0) is 6.54 Å². The second kappa shape index (κ2) is 6.91. The molecule has 1 unspecified atom stereocenters. The molecule has 0 saturated heterocycles. The summed E-state index contributed by atoms with van der Waals surface area (Å²) in [4.78, 5) is 12.1. The monoisotopic (exact) mass is 272 g/mol. The minimum absolute atomic E-state index is 0.105. The van der Waals surface area contributed by atoms with E-state index in [0.29, 0.717) is 25.2 Å². The van der Waals surface area contributed by atoms with Crippen LogP contribution in [0.2, 0.25) is 0 Å². The zero-order valence-corrected chi connectivity index (χ0v) is 11.6. The Labute approximate surface area is 119 Å². The van der Waals surface area contributed by atoms with E-state index in [1.54, 1.807) is 13.0 Å². The number of rotatable bonds is 6. The molecule has 1 heterocycles. The highest BCUT2D eigenvalue weighted by atomic mass is 16.3. The summed E-state index contributed by atoms with van der Waals surface area (Å²) in [7, 11) is 0. The van der Waals surface area contributed by atoms with Crippen molar-refractivity contribution in [1.82, 2.24) is 9.88 Å². The molecule has 1 amide bonds. The van der Waals surface area contributed by atoms with Crippen molar-refractivity contribution in [1.29, 1.82) is 0 Å². The van der Waals surface area contributed by atoms with E-state index in [2.05, 4.69) is 5.32 Å². The summed E-state index contributed by atoms with van der Waals surface area (Å²) in [5.74, 6) is -0.105. The van der Waals surface area contributed by atoms with Gasteiger partial charge in [-0.15, -0.1) is 0 Å². The summed E-state index contributed by atoms with van der Waals surface area (Å²) < 4.78 is 1.92. The van der Waals surface area contributed by atoms with Gasteiger partial charge in [0, 0.05) is 19.3 Å². The van der Waals surface area contributed by atoms with Gasteiger partial charge in [-0.1, -0.05) is 30.3 Å². The molecule has 106 valence electrons. The van der Waals surface area contributed by atoms with E-state index < -0.39 is 6.10 Å². The third-order valence-electron chi connectivity index (χ3n) is 3.11. The maximum absolute atomic E-state index is 12.1. The minimum atomic E-state index is -0.397. The lowest BCUT2D eigenvalue weighted by atomic mass is 10.2. The number of aliphatic hydroxyl groups excluding tert-OH is 1. The smallest absolute Gasteiger partial charge is 0.267 e. The van der Waals surface area contributed by atoms with Crippen LogP contribution in [0.15, 0.2) is 48.7 Å². The lowest BCUT2D eigenvalue weighted by Crippen LogP contribution is -2.28. The lowest BCUT2D eigenvalue weighted by molar-refractivity contribution is 0.0937. The summed E-state index contributed by atoms with van der Waals surface area (Å²) in [6, 6.07) is 13.7. The highest BCUT2D eigenvalue weighted by molar-refractivity contribution is 5.92. The van der Waals surface area contributed by atoms with Gasteiger partial charge in [0.1, 0.15) is 5.69 Å². The molecule has 2 aromatic rings. The van der Waals surface area contributed by atoms with Gasteiger partial charge in [-0.05, 0) is 31.0 Å². The van der Waals surface area contributed by atoms with Gasteiger partial charge in [-0.25, -0.2) is 0 Å². The van der Waals surface area contributed by atoms with Crippen molar-refractivity contribution in [2.45, 2.75) is 26.0 Å². The maximum atomic E-state index is 12.1. The van der Waals surface area contributed by atoms with Crippen LogP contribution in [0.5, 0.6) is 0 Å². The van der Waals surface area contributed by atoms with E-state index in [-0.39, 0.29) is 5.91 Å². The fraction of sp³-hybridized carbons (Fsp3) is 0.312. The minimum Gasteiger partial charge on any atom is -0.393 e. The van der Waals surface area contributed by atoms with Gasteiger partial charge in [-0.3, -0.25) is 4.79 Å². The van der Waals surface area contributed by atoms with Gasteiger partial charge in [-0.2, -0.15) is 0 Å². The van der Waals surface area contributed by atoms with E-state index in [9.17, 15) is 9.90 Å². The van der Waals surface area contributed by atoms with Crippen LogP contribution in [0, 0.1) is 0 Å². The van der Waals surface area contributed by atoms with Crippen molar-refractivity contribution in [3.05, 3.63) is 59.9 Å². The molecule has 4 nitrogen and oxygen atoms in total. The van der Waals surface area contributed by atoms with Crippen molar-refractivity contribution in [3.8, 4) is 0 Å². The highest BCUT2D eigenvalue weighted by Gasteiger charge is 2.10. The third kappa shape index (κ3) is 3.96. The van der Waals surface area contributed by atoms with Crippen LogP contribution in [0.1, 0.15) is 29.4 Å². The SMILES string of the molecule is CC(O)CCNC(=O)c1cccn1Cc1ccccc1. The summed E-state index contributed by atoms with van der Waals surface area (Å²) >= 11 is 0. The van der Waals surface area contributed by atoms with Crippen LogP contribution >= 0.6 is 0 Å². The number of benzene rings is 1. The van der Waals surface area contributed by atoms with Gasteiger partial charge in [0.2, 0.25) is 0 Å². The first-order valence-electron chi connectivity index (χ1n) is 6.82. The Morgan fingerprint density at radius 2 is 2.00 bits per heavy atom. The van der Waals surface area contributed by atoms with E-state index in [1.807, 2.05) is 47.2 Å². The van der Waals surface area contributed by atoms with Gasteiger partial charge in [0.05, 0.1) is 6.10 Å². The summed E-state index contributed by atoms with van der Waals surface area (Å²) in [6.07, 6.45) is 2.06. The molecule has 0 bridgehead atoms. The van der Waals surface area contributed by atoms with Crippen LogP contribution in [0.3, 0.4) is 0 Å². The Bertz CT molecular complexity index is 547. The van der Waals surface area contributed by atoms with Crippen molar-refractivity contribution in [3.63, 3.8) is 0 Å². The fourth-order valence-electron chi connectivity index (χ4n) is 2.02. The molecule has 1 aromatic heterocycles. The predicted octanol–water partition coefficient (Wildman–Crippen LogP) is 2.04. The number of aromatic nitrogens is 1. The number of amides is 1. The van der Waals surface area contributed by atoms with Gasteiger partial charge in [0.15, 0.2) is 0 Å². The quantitative estimate of drug-likeness (QED) is 0.845. The molecule has 1 aromatic carbocycles. The third-order valence-corrected chi connectivity index (χ3v) is 3.11. The van der Waals surface area contributed by atoms with E-state index in [4.69, 9.17) is 0 Å².